The highest BCUT2D eigenvalue weighted by molar-refractivity contribution is 9.10. The average Bonchev–Trinajstić information content (AvgIpc) is 3.19. The lowest BCUT2D eigenvalue weighted by molar-refractivity contribution is 0.852. The van der Waals surface area contributed by atoms with Crippen LogP contribution in [-0.2, 0) is 0 Å². The Labute approximate surface area is 131 Å². The summed E-state index contributed by atoms with van der Waals surface area (Å²) in [6.45, 7) is 6.07. The summed E-state index contributed by atoms with van der Waals surface area (Å²) in [5.74, 6) is 1.47. The molecule has 2 heterocycles. The van der Waals surface area contributed by atoms with Crippen LogP contribution < -0.4 is 0 Å². The third kappa shape index (κ3) is 3.01. The van der Waals surface area contributed by atoms with Gasteiger partial charge in [-0.05, 0) is 66.9 Å². The molecule has 104 valence electrons. The van der Waals surface area contributed by atoms with Crippen molar-refractivity contribution in [3.8, 4) is 0 Å². The van der Waals surface area contributed by atoms with Gasteiger partial charge in [0.15, 0.2) is 5.16 Å². The fourth-order valence-electron chi connectivity index (χ4n) is 1.87. The van der Waals surface area contributed by atoms with Crippen molar-refractivity contribution in [1.82, 2.24) is 19.9 Å². The molecule has 0 saturated heterocycles. The number of rotatable bonds is 3. The molecular formula is C14H15BrN4S. The molecule has 0 amide bonds. The Kier molecular flexibility index (Phi) is 3.77. The van der Waals surface area contributed by atoms with Crippen molar-refractivity contribution in [2.75, 3.05) is 0 Å². The molecule has 0 radical (unpaired) electrons. The van der Waals surface area contributed by atoms with E-state index in [4.69, 9.17) is 0 Å². The number of hydrogen-bond donors (Lipinski definition) is 0. The largest absolute Gasteiger partial charge is 0.227 e. The Morgan fingerprint density at radius 1 is 1.05 bits per heavy atom. The van der Waals surface area contributed by atoms with Crippen LogP contribution in [0.1, 0.15) is 41.5 Å². The molecule has 0 spiro atoms. The van der Waals surface area contributed by atoms with E-state index in [9.17, 15) is 0 Å². The second-order valence-electron chi connectivity index (χ2n) is 5.07. The maximum absolute atomic E-state index is 4.61. The summed E-state index contributed by atoms with van der Waals surface area (Å²) in [5, 5.41) is 1.65. The molecule has 0 bridgehead atoms. The van der Waals surface area contributed by atoms with E-state index in [1.807, 2.05) is 26.8 Å². The van der Waals surface area contributed by atoms with Crippen LogP contribution in [0.4, 0.5) is 0 Å². The highest BCUT2D eigenvalue weighted by Crippen LogP contribution is 2.39. The Balaban J connectivity index is 1.91. The number of aryl methyl sites for hydroxylation is 2. The first-order chi connectivity index (χ1) is 9.52. The summed E-state index contributed by atoms with van der Waals surface area (Å²) in [7, 11) is 0. The van der Waals surface area contributed by atoms with Crippen molar-refractivity contribution in [3.63, 3.8) is 0 Å². The van der Waals surface area contributed by atoms with E-state index >= 15 is 0 Å². The molecule has 1 fully saturated rings. The molecule has 4 nitrogen and oxygen atoms in total. The molecule has 0 unspecified atom stereocenters. The zero-order valence-corrected chi connectivity index (χ0v) is 14.0. The van der Waals surface area contributed by atoms with Crippen molar-refractivity contribution in [1.29, 1.82) is 0 Å². The second-order valence-corrected chi connectivity index (χ2v) is 6.87. The monoisotopic (exact) mass is 350 g/mol. The fraction of sp³-hybridized carbons (Fsp3) is 0.429. The lowest BCUT2D eigenvalue weighted by atomic mass is 10.2. The van der Waals surface area contributed by atoms with Crippen molar-refractivity contribution in [2.45, 2.75) is 49.7 Å². The SMILES string of the molecule is Cc1nc(Sc2cc(Br)nc(C3CC3)n2)nc(C)c1C. The van der Waals surface area contributed by atoms with Crippen molar-refractivity contribution in [2.24, 2.45) is 0 Å². The average molecular weight is 351 g/mol. The third-order valence-corrected chi connectivity index (χ3v) is 4.63. The maximum atomic E-state index is 4.61. The van der Waals surface area contributed by atoms with Gasteiger partial charge in [-0.15, -0.1) is 0 Å². The van der Waals surface area contributed by atoms with E-state index in [0.29, 0.717) is 5.92 Å². The van der Waals surface area contributed by atoms with Crippen LogP contribution in [0.5, 0.6) is 0 Å². The van der Waals surface area contributed by atoms with Gasteiger partial charge in [0.05, 0.1) is 0 Å². The van der Waals surface area contributed by atoms with Gasteiger partial charge in [-0.25, -0.2) is 19.9 Å². The minimum absolute atomic E-state index is 0.536. The summed E-state index contributed by atoms with van der Waals surface area (Å²) in [6, 6.07) is 1.92. The summed E-state index contributed by atoms with van der Waals surface area (Å²) in [5.41, 5.74) is 3.20. The van der Waals surface area contributed by atoms with Gasteiger partial charge in [-0.2, -0.15) is 0 Å². The standard InChI is InChI=1S/C14H15BrN4S/c1-7-8(2)16-14(17-9(7)3)20-12-6-11(15)18-13(19-12)10-4-5-10/h6,10H,4-5H2,1-3H3. The molecule has 6 heteroatoms. The van der Waals surface area contributed by atoms with Gasteiger partial charge in [-0.1, -0.05) is 0 Å². The molecule has 0 atom stereocenters. The van der Waals surface area contributed by atoms with E-state index in [1.165, 1.54) is 24.6 Å². The van der Waals surface area contributed by atoms with Crippen LogP contribution in [-0.4, -0.2) is 19.9 Å². The molecule has 1 aliphatic carbocycles. The lowest BCUT2D eigenvalue weighted by Gasteiger charge is -2.07. The summed E-state index contributed by atoms with van der Waals surface area (Å²) in [4.78, 5) is 18.1. The van der Waals surface area contributed by atoms with E-state index in [1.54, 1.807) is 0 Å². The molecular weight excluding hydrogens is 336 g/mol. The van der Waals surface area contributed by atoms with E-state index < -0.39 is 0 Å². The zero-order chi connectivity index (χ0) is 14.3. The van der Waals surface area contributed by atoms with Crippen LogP contribution in [0.3, 0.4) is 0 Å². The van der Waals surface area contributed by atoms with E-state index in [-0.39, 0.29) is 0 Å². The molecule has 20 heavy (non-hydrogen) atoms. The molecule has 0 aromatic carbocycles. The predicted octanol–water partition coefficient (Wildman–Crippen LogP) is 3.98. The fourth-order valence-corrected chi connectivity index (χ4v) is 3.28. The Bertz CT molecular complexity index is 647. The number of halogens is 1. The van der Waals surface area contributed by atoms with Crippen molar-refractivity contribution in [3.05, 3.63) is 33.4 Å². The van der Waals surface area contributed by atoms with Crippen LogP contribution in [0, 0.1) is 20.8 Å². The van der Waals surface area contributed by atoms with Gasteiger partial charge in [0.2, 0.25) is 0 Å². The second kappa shape index (κ2) is 5.41. The highest BCUT2D eigenvalue weighted by Gasteiger charge is 2.27. The Hall–Kier alpha value is -1.01. The highest BCUT2D eigenvalue weighted by atomic mass is 79.9. The van der Waals surface area contributed by atoms with Crippen LogP contribution >= 0.6 is 27.7 Å². The van der Waals surface area contributed by atoms with Gasteiger partial charge < -0.3 is 0 Å². The van der Waals surface area contributed by atoms with Gasteiger partial charge in [0, 0.05) is 23.4 Å². The first-order valence-electron chi connectivity index (χ1n) is 6.57. The molecule has 0 N–H and O–H groups in total. The summed E-state index contributed by atoms with van der Waals surface area (Å²) >= 11 is 4.95. The molecule has 2 aromatic heterocycles. The van der Waals surface area contributed by atoms with Crippen LogP contribution in [0.25, 0.3) is 0 Å². The van der Waals surface area contributed by atoms with Crippen LogP contribution in [0.15, 0.2) is 20.9 Å². The quantitative estimate of drug-likeness (QED) is 0.618. The van der Waals surface area contributed by atoms with Crippen LogP contribution in [0.2, 0.25) is 0 Å². The number of hydrogen-bond acceptors (Lipinski definition) is 5. The van der Waals surface area contributed by atoms with Gasteiger partial charge in [0.25, 0.3) is 0 Å². The van der Waals surface area contributed by atoms with E-state index in [2.05, 4.69) is 35.9 Å². The Morgan fingerprint density at radius 2 is 1.70 bits per heavy atom. The number of nitrogens with zero attached hydrogens (tertiary/aromatic N) is 4. The lowest BCUT2D eigenvalue weighted by Crippen LogP contribution is -1.99. The molecule has 1 saturated carbocycles. The van der Waals surface area contributed by atoms with Gasteiger partial charge in [-0.3, -0.25) is 0 Å². The normalized spacial score (nSPS) is 14.6. The number of aromatic nitrogens is 4. The first kappa shape index (κ1) is 13.9. The summed E-state index contributed by atoms with van der Waals surface area (Å²) in [6.07, 6.45) is 2.39. The van der Waals surface area contributed by atoms with Gasteiger partial charge in [0.1, 0.15) is 15.5 Å². The first-order valence-corrected chi connectivity index (χ1v) is 8.18. The van der Waals surface area contributed by atoms with Crippen molar-refractivity contribution >= 4 is 27.7 Å². The van der Waals surface area contributed by atoms with E-state index in [0.717, 1.165) is 37.6 Å². The third-order valence-electron chi connectivity index (χ3n) is 3.44. The molecule has 0 aliphatic heterocycles. The molecule has 2 aromatic rings. The predicted molar refractivity (Wildman–Crippen MR) is 82.1 cm³/mol. The maximum Gasteiger partial charge on any atom is 0.194 e. The molecule has 1 aliphatic rings. The molecule has 3 rings (SSSR count). The summed E-state index contributed by atoms with van der Waals surface area (Å²) < 4.78 is 0.831. The minimum atomic E-state index is 0.536. The smallest absolute Gasteiger partial charge is 0.194 e. The zero-order valence-electron chi connectivity index (χ0n) is 11.6. The van der Waals surface area contributed by atoms with Gasteiger partial charge >= 0.3 is 0 Å². The minimum Gasteiger partial charge on any atom is -0.227 e. The Morgan fingerprint density at radius 3 is 2.30 bits per heavy atom. The van der Waals surface area contributed by atoms with Crippen molar-refractivity contribution < 1.29 is 0 Å². The topological polar surface area (TPSA) is 51.6 Å².